The molecule has 0 spiro atoms. The topological polar surface area (TPSA) is 70.6 Å². The number of aryl methyl sites for hydroxylation is 2. The van der Waals surface area contributed by atoms with Gasteiger partial charge in [0, 0.05) is 37.3 Å². The molecule has 162 valence electrons. The van der Waals surface area contributed by atoms with E-state index >= 15 is 0 Å². The Morgan fingerprint density at radius 3 is 2.60 bits per heavy atom. The number of hydrogen-bond donors (Lipinski definition) is 0. The first-order valence-electron chi connectivity index (χ1n) is 11.0. The van der Waals surface area contributed by atoms with E-state index in [9.17, 15) is 13.2 Å². The molecule has 0 radical (unpaired) electrons. The predicted octanol–water partition coefficient (Wildman–Crippen LogP) is 3.31. The molecule has 1 saturated heterocycles. The van der Waals surface area contributed by atoms with Crippen molar-refractivity contribution >= 4 is 26.8 Å². The van der Waals surface area contributed by atoms with Crippen molar-refractivity contribution in [1.29, 1.82) is 0 Å². The summed E-state index contributed by atoms with van der Waals surface area (Å²) < 4.78 is 25.9. The third-order valence-electron chi connectivity index (χ3n) is 6.70. The van der Waals surface area contributed by atoms with Gasteiger partial charge in [-0.2, -0.15) is 0 Å². The minimum Gasteiger partial charge on any atom is -0.338 e. The number of piperidine rings is 1. The summed E-state index contributed by atoms with van der Waals surface area (Å²) in [5, 5.41) is 0.952. The van der Waals surface area contributed by atoms with Crippen LogP contribution < -0.4 is 0 Å². The SMILES string of the molecule is CCS(=O)(=O)N(C)C1CCN(C(=O)c2c3c(nc4ccc(C)cc24)CCCC3)CC1. The second-order valence-electron chi connectivity index (χ2n) is 8.58. The Morgan fingerprint density at radius 2 is 1.90 bits per heavy atom. The number of aromatic nitrogens is 1. The molecule has 1 fully saturated rings. The molecule has 0 atom stereocenters. The van der Waals surface area contributed by atoms with Crippen molar-refractivity contribution in [2.75, 3.05) is 25.9 Å². The number of hydrogen-bond acceptors (Lipinski definition) is 4. The van der Waals surface area contributed by atoms with Crippen LogP contribution in [0.4, 0.5) is 0 Å². The molecule has 4 rings (SSSR count). The van der Waals surface area contributed by atoms with E-state index in [0.717, 1.165) is 59.0 Å². The maximum absolute atomic E-state index is 13.7. The molecule has 30 heavy (non-hydrogen) atoms. The van der Waals surface area contributed by atoms with Crippen LogP contribution in [0.15, 0.2) is 18.2 Å². The van der Waals surface area contributed by atoms with E-state index in [0.29, 0.717) is 25.9 Å². The quantitative estimate of drug-likeness (QED) is 0.748. The predicted molar refractivity (Wildman–Crippen MR) is 119 cm³/mol. The molecule has 6 nitrogen and oxygen atoms in total. The summed E-state index contributed by atoms with van der Waals surface area (Å²) in [5.74, 6) is 0.183. The van der Waals surface area contributed by atoms with Crippen molar-refractivity contribution in [2.45, 2.75) is 58.4 Å². The lowest BCUT2D eigenvalue weighted by molar-refractivity contribution is 0.0686. The number of carbonyl (C=O) groups excluding carboxylic acids is 1. The Bertz CT molecular complexity index is 1070. The van der Waals surface area contributed by atoms with Gasteiger partial charge in [-0.3, -0.25) is 9.78 Å². The van der Waals surface area contributed by atoms with Crippen LogP contribution in [0.3, 0.4) is 0 Å². The summed E-state index contributed by atoms with van der Waals surface area (Å²) in [7, 11) is -1.55. The molecule has 1 aliphatic heterocycles. The maximum atomic E-state index is 13.7. The number of likely N-dealkylation sites (tertiary alicyclic amines) is 1. The Labute approximate surface area is 179 Å². The summed E-state index contributed by atoms with van der Waals surface area (Å²) >= 11 is 0. The Hall–Kier alpha value is -1.99. The Balaban J connectivity index is 1.64. The monoisotopic (exact) mass is 429 g/mol. The molecule has 1 aromatic carbocycles. The van der Waals surface area contributed by atoms with Crippen LogP contribution >= 0.6 is 0 Å². The van der Waals surface area contributed by atoms with Crippen molar-refractivity contribution in [2.24, 2.45) is 0 Å². The normalized spacial score (nSPS) is 18.1. The molecule has 7 heteroatoms. The van der Waals surface area contributed by atoms with E-state index in [1.807, 2.05) is 24.0 Å². The summed E-state index contributed by atoms with van der Waals surface area (Å²) in [6.45, 7) is 4.88. The first-order chi connectivity index (χ1) is 14.3. The van der Waals surface area contributed by atoms with Gasteiger partial charge < -0.3 is 4.90 Å². The number of rotatable bonds is 4. The first-order valence-corrected chi connectivity index (χ1v) is 12.6. The van der Waals surface area contributed by atoms with Gasteiger partial charge in [0.05, 0.1) is 16.8 Å². The fraction of sp³-hybridized carbons (Fsp3) is 0.565. The molecule has 1 amide bonds. The molecule has 2 aliphatic rings. The highest BCUT2D eigenvalue weighted by Gasteiger charge is 2.32. The van der Waals surface area contributed by atoms with Gasteiger partial charge in [-0.05, 0) is 70.1 Å². The first kappa shape index (κ1) is 21.2. The summed E-state index contributed by atoms with van der Waals surface area (Å²) in [5.41, 5.74) is 5.04. The average Bonchev–Trinajstić information content (AvgIpc) is 2.76. The van der Waals surface area contributed by atoms with Gasteiger partial charge >= 0.3 is 0 Å². The van der Waals surface area contributed by atoms with Crippen molar-refractivity contribution in [3.05, 3.63) is 40.6 Å². The van der Waals surface area contributed by atoms with E-state index < -0.39 is 10.0 Å². The number of nitrogens with zero attached hydrogens (tertiary/aromatic N) is 3. The number of pyridine rings is 1. The van der Waals surface area contributed by atoms with E-state index in [1.54, 1.807) is 14.0 Å². The van der Waals surface area contributed by atoms with Gasteiger partial charge in [-0.25, -0.2) is 12.7 Å². The summed E-state index contributed by atoms with van der Waals surface area (Å²) in [6.07, 6.45) is 5.39. The zero-order chi connectivity index (χ0) is 21.5. The number of sulfonamides is 1. The van der Waals surface area contributed by atoms with Gasteiger partial charge in [0.15, 0.2) is 0 Å². The van der Waals surface area contributed by atoms with Crippen LogP contribution in [-0.4, -0.2) is 60.4 Å². The smallest absolute Gasteiger partial charge is 0.254 e. The molecule has 0 saturated carbocycles. The van der Waals surface area contributed by atoms with Crippen LogP contribution in [0.5, 0.6) is 0 Å². The second-order valence-corrected chi connectivity index (χ2v) is 10.9. The molecule has 1 aromatic heterocycles. The zero-order valence-corrected chi connectivity index (χ0v) is 19.0. The number of carbonyl (C=O) groups is 1. The van der Waals surface area contributed by atoms with Crippen LogP contribution in [-0.2, 0) is 22.9 Å². The van der Waals surface area contributed by atoms with E-state index in [2.05, 4.69) is 6.07 Å². The fourth-order valence-corrected chi connectivity index (χ4v) is 5.88. The van der Waals surface area contributed by atoms with Gasteiger partial charge in [-0.15, -0.1) is 0 Å². The Morgan fingerprint density at radius 1 is 1.20 bits per heavy atom. The molecular formula is C23H31N3O3S. The number of benzene rings is 1. The standard InChI is InChI=1S/C23H31N3O3S/c1-4-30(28,29)25(3)17-11-13-26(14-12-17)23(27)22-18-7-5-6-8-20(18)24-21-10-9-16(2)15-19(21)22/h9-10,15,17H,4-8,11-14H2,1-3H3. The van der Waals surface area contributed by atoms with E-state index in [1.165, 1.54) is 4.31 Å². The van der Waals surface area contributed by atoms with Crippen molar-refractivity contribution in [3.63, 3.8) is 0 Å². The van der Waals surface area contributed by atoms with Gasteiger partial charge in [0.1, 0.15) is 0 Å². The maximum Gasteiger partial charge on any atom is 0.254 e. The van der Waals surface area contributed by atoms with Gasteiger partial charge in [-0.1, -0.05) is 11.6 Å². The van der Waals surface area contributed by atoms with Crippen molar-refractivity contribution < 1.29 is 13.2 Å². The minimum atomic E-state index is -3.21. The van der Waals surface area contributed by atoms with Crippen molar-refractivity contribution in [3.8, 4) is 0 Å². The van der Waals surface area contributed by atoms with Gasteiger partial charge in [0.2, 0.25) is 10.0 Å². The zero-order valence-electron chi connectivity index (χ0n) is 18.1. The molecule has 0 bridgehead atoms. The Kier molecular flexibility index (Phi) is 5.86. The molecular weight excluding hydrogens is 398 g/mol. The van der Waals surface area contributed by atoms with Crippen LogP contribution in [0.25, 0.3) is 10.9 Å². The molecule has 1 aliphatic carbocycles. The third kappa shape index (κ3) is 3.85. The lowest BCUT2D eigenvalue weighted by atomic mass is 9.88. The summed E-state index contributed by atoms with van der Waals surface area (Å²) in [6, 6.07) is 6.12. The van der Waals surface area contributed by atoms with E-state index in [4.69, 9.17) is 4.98 Å². The largest absolute Gasteiger partial charge is 0.338 e. The molecule has 2 aromatic rings. The molecule has 0 unspecified atom stereocenters. The lowest BCUT2D eigenvalue weighted by Crippen LogP contribution is -2.47. The van der Waals surface area contributed by atoms with Crippen molar-refractivity contribution in [1.82, 2.24) is 14.2 Å². The molecule has 2 heterocycles. The van der Waals surface area contributed by atoms with Crippen LogP contribution in [0, 0.1) is 6.92 Å². The minimum absolute atomic E-state index is 0.0376. The highest BCUT2D eigenvalue weighted by molar-refractivity contribution is 7.89. The lowest BCUT2D eigenvalue weighted by Gasteiger charge is -2.36. The fourth-order valence-electron chi connectivity index (χ4n) is 4.80. The third-order valence-corrected chi connectivity index (χ3v) is 8.61. The molecule has 0 N–H and O–H groups in total. The average molecular weight is 430 g/mol. The van der Waals surface area contributed by atoms with Crippen LogP contribution in [0.1, 0.15) is 59.8 Å². The highest BCUT2D eigenvalue weighted by atomic mass is 32.2. The van der Waals surface area contributed by atoms with Gasteiger partial charge in [0.25, 0.3) is 5.91 Å². The number of fused-ring (bicyclic) bond motifs is 2. The second kappa shape index (κ2) is 8.27. The van der Waals surface area contributed by atoms with E-state index in [-0.39, 0.29) is 17.7 Å². The number of amides is 1. The van der Waals surface area contributed by atoms with Crippen LogP contribution in [0.2, 0.25) is 0 Å². The summed E-state index contributed by atoms with van der Waals surface area (Å²) in [4.78, 5) is 20.5. The highest BCUT2D eigenvalue weighted by Crippen LogP contribution is 2.32.